The number of Topliss-reactive ketones (excluding diaryl/α,β-unsaturated/α-hetero) is 1. The zero-order valence-corrected chi connectivity index (χ0v) is 19.3. The Morgan fingerprint density at radius 1 is 1.00 bits per heavy atom. The molecule has 1 aliphatic heterocycles. The molecule has 164 valence electrons. The molecule has 4 aromatic rings. The summed E-state index contributed by atoms with van der Waals surface area (Å²) in [5.41, 5.74) is 5.27. The molecule has 0 bridgehead atoms. The second-order valence-electron chi connectivity index (χ2n) is 7.95. The largest absolute Gasteiger partial charge is 0.329 e. The maximum atomic E-state index is 13.5. The number of guanidine groups is 1. The van der Waals surface area contributed by atoms with Gasteiger partial charge in [0, 0.05) is 16.8 Å². The number of aliphatic imine (C=N–C) groups is 1. The van der Waals surface area contributed by atoms with Crippen molar-refractivity contribution in [1.29, 1.82) is 0 Å². The van der Waals surface area contributed by atoms with Gasteiger partial charge in [-0.1, -0.05) is 85.0 Å². The molecule has 2 heterocycles. The van der Waals surface area contributed by atoms with Crippen molar-refractivity contribution in [2.45, 2.75) is 26.3 Å². The number of para-hydroxylation sites is 1. The van der Waals surface area contributed by atoms with E-state index in [0.717, 1.165) is 33.0 Å². The van der Waals surface area contributed by atoms with Gasteiger partial charge in [-0.25, -0.2) is 9.98 Å². The SMILES string of the molecule is CCc1ccc(C2N=C(Nc3nc4ccccc4s3)NC(C)=C2C(=O)c2ccccc2)cc1. The predicted molar refractivity (Wildman–Crippen MR) is 136 cm³/mol. The Labute approximate surface area is 196 Å². The molecule has 0 fully saturated rings. The fraction of sp³-hybridized carbons (Fsp3) is 0.148. The van der Waals surface area contributed by atoms with Crippen molar-refractivity contribution in [3.05, 3.63) is 107 Å². The minimum Gasteiger partial charge on any atom is -0.329 e. The van der Waals surface area contributed by atoms with Crippen molar-refractivity contribution in [2.75, 3.05) is 5.32 Å². The number of fused-ring (bicyclic) bond motifs is 1. The summed E-state index contributed by atoms with van der Waals surface area (Å²) in [6, 6.07) is 25.3. The van der Waals surface area contributed by atoms with Gasteiger partial charge < -0.3 is 10.6 Å². The number of carbonyl (C=O) groups excluding carboxylic acids is 1. The van der Waals surface area contributed by atoms with E-state index in [1.165, 1.54) is 5.56 Å². The Morgan fingerprint density at radius 3 is 2.45 bits per heavy atom. The van der Waals surface area contributed by atoms with E-state index in [4.69, 9.17) is 4.99 Å². The van der Waals surface area contributed by atoms with E-state index in [9.17, 15) is 4.79 Å². The molecule has 0 spiro atoms. The summed E-state index contributed by atoms with van der Waals surface area (Å²) in [7, 11) is 0. The molecule has 1 atom stereocenters. The standard InChI is InChI=1S/C27H24N4OS/c1-3-18-13-15-19(16-14-18)24-23(25(32)20-9-5-4-6-10-20)17(2)28-26(30-24)31-27-29-21-11-7-8-12-22(21)33-27/h4-16,24H,3H2,1-2H3,(H2,28,29,30,31). The zero-order chi connectivity index (χ0) is 22.8. The minimum atomic E-state index is -0.415. The topological polar surface area (TPSA) is 66.4 Å². The molecule has 0 aliphatic carbocycles. The van der Waals surface area contributed by atoms with Gasteiger partial charge in [0.1, 0.15) is 6.04 Å². The van der Waals surface area contributed by atoms with Crippen LogP contribution in [0.5, 0.6) is 0 Å². The number of thiazole rings is 1. The van der Waals surface area contributed by atoms with Gasteiger partial charge >= 0.3 is 0 Å². The fourth-order valence-corrected chi connectivity index (χ4v) is 4.85. The van der Waals surface area contributed by atoms with Crippen LogP contribution in [-0.2, 0) is 6.42 Å². The predicted octanol–water partition coefficient (Wildman–Crippen LogP) is 6.13. The number of hydrogen-bond donors (Lipinski definition) is 2. The van der Waals surface area contributed by atoms with Crippen LogP contribution in [-0.4, -0.2) is 16.7 Å². The summed E-state index contributed by atoms with van der Waals surface area (Å²) in [6.45, 7) is 4.06. The number of benzene rings is 3. The second kappa shape index (κ2) is 9.00. The number of ketones is 1. The van der Waals surface area contributed by atoms with Crippen molar-refractivity contribution in [3.63, 3.8) is 0 Å². The van der Waals surface area contributed by atoms with Crippen LogP contribution in [0, 0.1) is 0 Å². The molecule has 2 N–H and O–H groups in total. The average molecular weight is 453 g/mol. The van der Waals surface area contributed by atoms with E-state index in [2.05, 4.69) is 46.8 Å². The monoisotopic (exact) mass is 452 g/mol. The van der Waals surface area contributed by atoms with Gasteiger partial charge in [0.25, 0.3) is 0 Å². The number of aromatic nitrogens is 1. The molecular formula is C27H24N4OS. The lowest BCUT2D eigenvalue weighted by Gasteiger charge is -2.26. The van der Waals surface area contributed by atoms with Crippen LogP contribution in [0.15, 0.2) is 95.1 Å². The molecule has 1 aliphatic rings. The first kappa shape index (κ1) is 21.1. The number of carbonyl (C=O) groups is 1. The molecule has 0 saturated carbocycles. The summed E-state index contributed by atoms with van der Waals surface area (Å²) in [4.78, 5) is 23.1. The van der Waals surface area contributed by atoms with Gasteiger partial charge in [-0.2, -0.15) is 0 Å². The molecular weight excluding hydrogens is 428 g/mol. The number of anilines is 1. The van der Waals surface area contributed by atoms with Gasteiger partial charge in [0.15, 0.2) is 10.9 Å². The normalized spacial score (nSPS) is 15.8. The lowest BCUT2D eigenvalue weighted by molar-refractivity contribution is 0.102. The van der Waals surface area contributed by atoms with Gasteiger partial charge in [-0.15, -0.1) is 0 Å². The molecule has 33 heavy (non-hydrogen) atoms. The summed E-state index contributed by atoms with van der Waals surface area (Å²) in [6.07, 6.45) is 0.963. The first-order valence-corrected chi connectivity index (χ1v) is 11.8. The highest BCUT2D eigenvalue weighted by Crippen LogP contribution is 2.34. The van der Waals surface area contributed by atoms with Crippen molar-refractivity contribution >= 4 is 38.4 Å². The Hall–Kier alpha value is -3.77. The third-order valence-corrected chi connectivity index (χ3v) is 6.70. The van der Waals surface area contributed by atoms with Crippen LogP contribution in [0.4, 0.5) is 5.13 Å². The molecule has 1 unspecified atom stereocenters. The Morgan fingerprint density at radius 2 is 1.73 bits per heavy atom. The van der Waals surface area contributed by atoms with Crippen LogP contribution >= 0.6 is 11.3 Å². The number of nitrogens with one attached hydrogen (secondary N) is 2. The van der Waals surface area contributed by atoms with Gasteiger partial charge in [-0.3, -0.25) is 4.79 Å². The van der Waals surface area contributed by atoms with Crippen molar-refractivity contribution in [1.82, 2.24) is 10.3 Å². The first-order chi connectivity index (χ1) is 16.1. The highest BCUT2D eigenvalue weighted by atomic mass is 32.1. The average Bonchev–Trinajstić information content (AvgIpc) is 3.26. The number of allylic oxidation sites excluding steroid dienone is 1. The molecule has 0 saturated heterocycles. The number of nitrogens with zero attached hydrogens (tertiary/aromatic N) is 2. The number of aryl methyl sites for hydroxylation is 1. The maximum Gasteiger partial charge on any atom is 0.202 e. The van der Waals surface area contributed by atoms with E-state index < -0.39 is 6.04 Å². The Kier molecular flexibility index (Phi) is 5.75. The lowest BCUT2D eigenvalue weighted by atomic mass is 9.90. The molecule has 3 aromatic carbocycles. The molecule has 5 nitrogen and oxygen atoms in total. The third-order valence-electron chi connectivity index (χ3n) is 5.75. The van der Waals surface area contributed by atoms with Crippen LogP contribution in [0.3, 0.4) is 0 Å². The Balaban J connectivity index is 1.53. The van der Waals surface area contributed by atoms with Gasteiger partial charge in [0.2, 0.25) is 5.96 Å². The van der Waals surface area contributed by atoms with E-state index in [1.807, 2.05) is 61.5 Å². The van der Waals surface area contributed by atoms with Crippen LogP contribution < -0.4 is 10.6 Å². The van der Waals surface area contributed by atoms with Crippen LogP contribution in [0.25, 0.3) is 10.2 Å². The van der Waals surface area contributed by atoms with Crippen molar-refractivity contribution in [2.24, 2.45) is 4.99 Å². The third kappa shape index (κ3) is 4.30. The van der Waals surface area contributed by atoms with E-state index >= 15 is 0 Å². The fourth-order valence-electron chi connectivity index (χ4n) is 3.98. The summed E-state index contributed by atoms with van der Waals surface area (Å²) >= 11 is 1.57. The van der Waals surface area contributed by atoms with Gasteiger partial charge in [-0.05, 0) is 36.6 Å². The summed E-state index contributed by atoms with van der Waals surface area (Å²) < 4.78 is 1.11. The maximum absolute atomic E-state index is 13.5. The summed E-state index contributed by atoms with van der Waals surface area (Å²) in [5.74, 6) is 0.564. The molecule has 1 aromatic heterocycles. The Bertz CT molecular complexity index is 1340. The molecule has 6 heteroatoms. The highest BCUT2D eigenvalue weighted by Gasteiger charge is 2.30. The lowest BCUT2D eigenvalue weighted by Crippen LogP contribution is -2.36. The quantitative estimate of drug-likeness (QED) is 0.358. The number of hydrogen-bond acceptors (Lipinski definition) is 6. The van der Waals surface area contributed by atoms with Crippen molar-refractivity contribution in [3.8, 4) is 0 Å². The second-order valence-corrected chi connectivity index (χ2v) is 8.98. The molecule has 5 rings (SSSR count). The van der Waals surface area contributed by atoms with E-state index in [0.29, 0.717) is 17.1 Å². The smallest absolute Gasteiger partial charge is 0.202 e. The molecule has 0 amide bonds. The number of rotatable bonds is 5. The highest BCUT2D eigenvalue weighted by molar-refractivity contribution is 7.22. The van der Waals surface area contributed by atoms with Gasteiger partial charge in [0.05, 0.1) is 10.2 Å². The molecule has 0 radical (unpaired) electrons. The zero-order valence-electron chi connectivity index (χ0n) is 18.5. The van der Waals surface area contributed by atoms with Crippen LogP contribution in [0.2, 0.25) is 0 Å². The summed E-state index contributed by atoms with van der Waals surface area (Å²) in [5, 5.41) is 7.38. The van der Waals surface area contributed by atoms with E-state index in [1.54, 1.807) is 11.3 Å². The van der Waals surface area contributed by atoms with E-state index in [-0.39, 0.29) is 5.78 Å². The van der Waals surface area contributed by atoms with Crippen LogP contribution in [0.1, 0.15) is 41.4 Å². The first-order valence-electron chi connectivity index (χ1n) is 11.0. The minimum absolute atomic E-state index is 0.0204. The van der Waals surface area contributed by atoms with Crippen molar-refractivity contribution < 1.29 is 4.79 Å².